The van der Waals surface area contributed by atoms with Crippen LogP contribution in [-0.2, 0) is 0 Å². The van der Waals surface area contributed by atoms with Gasteiger partial charge in [0.2, 0.25) is 0 Å². The normalized spacial score (nSPS) is 45.4. The van der Waals surface area contributed by atoms with Crippen molar-refractivity contribution in [3.63, 3.8) is 0 Å². The van der Waals surface area contributed by atoms with Gasteiger partial charge in [0.05, 0.1) is 0 Å². The summed E-state index contributed by atoms with van der Waals surface area (Å²) in [5.74, 6) is 4.38. The van der Waals surface area contributed by atoms with Crippen molar-refractivity contribution in [2.45, 2.75) is 85.5 Å². The van der Waals surface area contributed by atoms with Gasteiger partial charge in [-0.1, -0.05) is 27.2 Å². The van der Waals surface area contributed by atoms with Crippen LogP contribution in [0.4, 0.5) is 4.39 Å². The van der Waals surface area contributed by atoms with Crippen LogP contribution in [-0.4, -0.2) is 5.78 Å². The van der Waals surface area contributed by atoms with Crippen LogP contribution in [0.15, 0.2) is 18.2 Å². The number of benzene rings is 1. The van der Waals surface area contributed by atoms with Crippen molar-refractivity contribution in [3.8, 4) is 0 Å². The van der Waals surface area contributed by atoms with Crippen LogP contribution in [0.2, 0.25) is 0 Å². The molecule has 0 heterocycles. The third-order valence-electron chi connectivity index (χ3n) is 10.7. The molecule has 164 valence electrons. The molecule has 4 fully saturated rings. The second-order valence-electron chi connectivity index (χ2n) is 12.0. The minimum Gasteiger partial charge on any atom is -0.294 e. The highest BCUT2D eigenvalue weighted by Crippen LogP contribution is 2.68. The Kier molecular flexibility index (Phi) is 4.95. The van der Waals surface area contributed by atoms with E-state index in [4.69, 9.17) is 0 Å². The summed E-state index contributed by atoms with van der Waals surface area (Å²) in [5.41, 5.74) is 1.97. The summed E-state index contributed by atoms with van der Waals surface area (Å²) in [6.07, 6.45) is 11.8. The lowest BCUT2D eigenvalue weighted by Crippen LogP contribution is -2.53. The van der Waals surface area contributed by atoms with E-state index in [0.717, 1.165) is 35.7 Å². The minimum absolute atomic E-state index is 0.116. The third kappa shape index (κ3) is 2.95. The molecule has 2 heteroatoms. The molecular weight excluding hydrogens is 371 g/mol. The maximum atomic E-state index is 13.8. The summed E-state index contributed by atoms with van der Waals surface area (Å²) in [4.78, 5) is 13.5. The van der Waals surface area contributed by atoms with Gasteiger partial charge in [-0.15, -0.1) is 0 Å². The molecule has 30 heavy (non-hydrogen) atoms. The molecule has 1 aromatic rings. The third-order valence-corrected chi connectivity index (χ3v) is 10.7. The Labute approximate surface area is 182 Å². The minimum atomic E-state index is -0.214. The molecule has 4 saturated carbocycles. The first-order chi connectivity index (χ1) is 14.2. The van der Waals surface area contributed by atoms with E-state index < -0.39 is 0 Å². The van der Waals surface area contributed by atoms with Gasteiger partial charge in [-0.05, 0) is 122 Å². The van der Waals surface area contributed by atoms with Crippen molar-refractivity contribution in [1.82, 2.24) is 0 Å². The maximum absolute atomic E-state index is 13.8. The second-order valence-corrected chi connectivity index (χ2v) is 12.0. The molecule has 4 aliphatic rings. The number of fused-ring (bicyclic) bond motifs is 5. The molecule has 1 nitrogen and oxygen atoms in total. The number of carbonyl (C=O) groups is 1. The lowest BCUT2D eigenvalue weighted by Gasteiger charge is -2.61. The monoisotopic (exact) mass is 410 g/mol. The fraction of sp³-hybridized carbons (Fsp3) is 0.750. The molecule has 8 unspecified atom stereocenters. The lowest BCUT2D eigenvalue weighted by atomic mass is 9.44. The van der Waals surface area contributed by atoms with E-state index in [-0.39, 0.29) is 22.9 Å². The fourth-order valence-corrected chi connectivity index (χ4v) is 8.90. The molecular formula is C28H39FO. The fourth-order valence-electron chi connectivity index (χ4n) is 8.90. The van der Waals surface area contributed by atoms with Gasteiger partial charge >= 0.3 is 0 Å². The zero-order chi connectivity index (χ0) is 21.3. The SMILES string of the molecule is Cc1cc(C(=O)C2CCC3C4CCC5CC(C)CCC5(C)C4CCC23C)ccc1F. The summed E-state index contributed by atoms with van der Waals surface area (Å²) in [6, 6.07) is 4.96. The Hall–Kier alpha value is -1.18. The number of carbonyl (C=O) groups excluding carboxylic acids is 1. The summed E-state index contributed by atoms with van der Waals surface area (Å²) < 4.78 is 13.8. The lowest BCUT2D eigenvalue weighted by molar-refractivity contribution is -0.114. The molecule has 0 bridgehead atoms. The van der Waals surface area contributed by atoms with Crippen molar-refractivity contribution in [2.24, 2.45) is 46.3 Å². The molecule has 1 aromatic carbocycles. The summed E-state index contributed by atoms with van der Waals surface area (Å²) in [5, 5.41) is 0. The smallest absolute Gasteiger partial charge is 0.166 e. The molecule has 8 atom stereocenters. The Bertz CT molecular complexity index is 845. The predicted octanol–water partition coefficient (Wildman–Crippen LogP) is 7.61. The van der Waals surface area contributed by atoms with E-state index in [0.29, 0.717) is 16.9 Å². The first-order valence-electron chi connectivity index (χ1n) is 12.5. The number of ketones is 1. The first kappa shape index (κ1) is 20.7. The molecule has 5 rings (SSSR count). The van der Waals surface area contributed by atoms with Crippen LogP contribution in [0.5, 0.6) is 0 Å². The molecule has 0 amide bonds. The quantitative estimate of drug-likeness (QED) is 0.458. The van der Waals surface area contributed by atoms with Crippen molar-refractivity contribution in [3.05, 3.63) is 35.1 Å². The molecule has 4 aliphatic carbocycles. The molecule has 0 saturated heterocycles. The van der Waals surface area contributed by atoms with Crippen LogP contribution in [0, 0.1) is 59.1 Å². The zero-order valence-corrected chi connectivity index (χ0v) is 19.3. The van der Waals surface area contributed by atoms with Gasteiger partial charge in [-0.2, -0.15) is 0 Å². The number of aryl methyl sites for hydroxylation is 1. The van der Waals surface area contributed by atoms with Gasteiger partial charge in [-0.25, -0.2) is 4.39 Å². The van der Waals surface area contributed by atoms with Crippen molar-refractivity contribution >= 4 is 5.78 Å². The Balaban J connectivity index is 1.40. The van der Waals surface area contributed by atoms with Gasteiger partial charge in [0.15, 0.2) is 5.78 Å². The predicted molar refractivity (Wildman–Crippen MR) is 120 cm³/mol. The molecule has 0 N–H and O–H groups in total. The number of hydrogen-bond acceptors (Lipinski definition) is 1. The number of hydrogen-bond donors (Lipinski definition) is 0. The Morgan fingerprint density at radius 2 is 1.70 bits per heavy atom. The van der Waals surface area contributed by atoms with E-state index in [9.17, 15) is 9.18 Å². The van der Waals surface area contributed by atoms with Crippen LogP contribution in [0.1, 0.15) is 94.5 Å². The standard InChI is InChI=1S/C28H39FO/c1-17-11-13-27(3)20(15-17)6-7-21-22-8-9-24(28(22,4)14-12-23(21)27)26(30)19-5-10-25(29)18(2)16-19/h5,10,16-17,20-24H,6-9,11-15H2,1-4H3. The highest BCUT2D eigenvalue weighted by atomic mass is 19.1. The highest BCUT2D eigenvalue weighted by molar-refractivity contribution is 5.98. The van der Waals surface area contributed by atoms with E-state index in [1.807, 2.05) is 0 Å². The summed E-state index contributed by atoms with van der Waals surface area (Å²) >= 11 is 0. The van der Waals surface area contributed by atoms with Gasteiger partial charge in [-0.3, -0.25) is 4.79 Å². The highest BCUT2D eigenvalue weighted by Gasteiger charge is 2.61. The molecule has 0 aliphatic heterocycles. The van der Waals surface area contributed by atoms with Crippen LogP contribution >= 0.6 is 0 Å². The maximum Gasteiger partial charge on any atom is 0.166 e. The zero-order valence-electron chi connectivity index (χ0n) is 19.3. The summed E-state index contributed by atoms with van der Waals surface area (Å²) in [6.45, 7) is 9.27. The molecule has 0 radical (unpaired) electrons. The average molecular weight is 411 g/mol. The van der Waals surface area contributed by atoms with E-state index in [2.05, 4.69) is 20.8 Å². The van der Waals surface area contributed by atoms with Crippen molar-refractivity contribution in [2.75, 3.05) is 0 Å². The number of halogens is 1. The van der Waals surface area contributed by atoms with Crippen LogP contribution < -0.4 is 0 Å². The topological polar surface area (TPSA) is 17.1 Å². The molecule has 0 spiro atoms. The van der Waals surface area contributed by atoms with Crippen molar-refractivity contribution < 1.29 is 9.18 Å². The first-order valence-corrected chi connectivity index (χ1v) is 12.5. The van der Waals surface area contributed by atoms with E-state index in [1.165, 1.54) is 57.4 Å². The van der Waals surface area contributed by atoms with Crippen molar-refractivity contribution in [1.29, 1.82) is 0 Å². The van der Waals surface area contributed by atoms with Gasteiger partial charge in [0.25, 0.3) is 0 Å². The van der Waals surface area contributed by atoms with E-state index in [1.54, 1.807) is 19.1 Å². The summed E-state index contributed by atoms with van der Waals surface area (Å²) in [7, 11) is 0. The van der Waals surface area contributed by atoms with E-state index >= 15 is 0 Å². The molecule has 0 aromatic heterocycles. The van der Waals surface area contributed by atoms with Crippen LogP contribution in [0.3, 0.4) is 0 Å². The largest absolute Gasteiger partial charge is 0.294 e. The van der Waals surface area contributed by atoms with Gasteiger partial charge < -0.3 is 0 Å². The van der Waals surface area contributed by atoms with Gasteiger partial charge in [0.1, 0.15) is 5.82 Å². The second kappa shape index (κ2) is 7.17. The van der Waals surface area contributed by atoms with Gasteiger partial charge in [0, 0.05) is 11.5 Å². The average Bonchev–Trinajstić information content (AvgIpc) is 3.07. The Morgan fingerprint density at radius 3 is 2.47 bits per heavy atom. The van der Waals surface area contributed by atoms with Crippen LogP contribution in [0.25, 0.3) is 0 Å². The number of rotatable bonds is 2. The number of Topliss-reactive ketones (excluding diaryl/α,β-unsaturated/α-hetero) is 1. The Morgan fingerprint density at radius 1 is 0.967 bits per heavy atom.